The lowest BCUT2D eigenvalue weighted by Gasteiger charge is -2.27. The molecule has 0 aromatic heterocycles. The molecule has 1 aliphatic heterocycles. The Balaban J connectivity index is 2.14. The van der Waals surface area contributed by atoms with E-state index in [1.165, 1.54) is 37.9 Å². The van der Waals surface area contributed by atoms with E-state index in [9.17, 15) is 0 Å². The molecule has 2 rings (SSSR count). The fourth-order valence-electron chi connectivity index (χ4n) is 2.84. The molecule has 1 heterocycles. The van der Waals surface area contributed by atoms with Crippen LogP contribution in [0, 0.1) is 5.92 Å². The topological polar surface area (TPSA) is 12.0 Å². The quantitative estimate of drug-likeness (QED) is 0.821. The molecule has 0 radical (unpaired) electrons. The second kappa shape index (κ2) is 5.22. The Morgan fingerprint density at radius 1 is 1.24 bits per heavy atom. The lowest BCUT2D eigenvalue weighted by Crippen LogP contribution is -2.31. The van der Waals surface area contributed by atoms with Gasteiger partial charge in [-0.25, -0.2) is 0 Å². The Morgan fingerprint density at radius 2 is 2.00 bits per heavy atom. The Labute approximate surface area is 106 Å². The van der Waals surface area contributed by atoms with Gasteiger partial charge in [0.15, 0.2) is 0 Å². The van der Waals surface area contributed by atoms with Crippen LogP contribution >= 0.6 is 0 Å². The smallest absolute Gasteiger partial charge is 0.00173 e. The zero-order chi connectivity index (χ0) is 12.3. The standard InChI is InChI=1S/C16H25N/c1-16(2,3)15-9-5-4-8-14(15)11-13-7-6-10-17-12-13/h4-5,8-9,13,17H,6-7,10-12H2,1-3H3. The van der Waals surface area contributed by atoms with Crippen LogP contribution in [0.4, 0.5) is 0 Å². The Kier molecular flexibility index (Phi) is 3.88. The lowest BCUT2D eigenvalue weighted by molar-refractivity contribution is 0.374. The van der Waals surface area contributed by atoms with Gasteiger partial charge in [0.1, 0.15) is 0 Å². The molecule has 0 saturated carbocycles. The maximum Gasteiger partial charge on any atom is -0.00173 e. The van der Waals surface area contributed by atoms with Crippen LogP contribution in [-0.2, 0) is 11.8 Å². The molecule has 1 aromatic carbocycles. The second-order valence-corrected chi connectivity index (χ2v) is 6.32. The molecule has 1 saturated heterocycles. The largest absolute Gasteiger partial charge is 0.316 e. The van der Waals surface area contributed by atoms with Crippen LogP contribution in [0.15, 0.2) is 24.3 Å². The summed E-state index contributed by atoms with van der Waals surface area (Å²) in [7, 11) is 0. The molecule has 0 aliphatic carbocycles. The first-order valence-electron chi connectivity index (χ1n) is 6.86. The highest BCUT2D eigenvalue weighted by Crippen LogP contribution is 2.28. The Bertz CT molecular complexity index is 356. The molecular weight excluding hydrogens is 206 g/mol. The van der Waals surface area contributed by atoms with Gasteiger partial charge in [-0.3, -0.25) is 0 Å². The Morgan fingerprint density at radius 3 is 2.65 bits per heavy atom. The minimum absolute atomic E-state index is 0.263. The fourth-order valence-corrected chi connectivity index (χ4v) is 2.84. The fraction of sp³-hybridized carbons (Fsp3) is 0.625. The molecule has 1 nitrogen and oxygen atoms in total. The summed E-state index contributed by atoms with van der Waals surface area (Å²) in [5.41, 5.74) is 3.33. The van der Waals surface area contributed by atoms with E-state index >= 15 is 0 Å². The maximum atomic E-state index is 3.51. The molecule has 1 N–H and O–H groups in total. The maximum absolute atomic E-state index is 3.51. The van der Waals surface area contributed by atoms with Gasteiger partial charge >= 0.3 is 0 Å². The lowest BCUT2D eigenvalue weighted by atomic mass is 9.80. The SMILES string of the molecule is CC(C)(C)c1ccccc1CC1CCCNC1. The van der Waals surface area contributed by atoms with Crippen LogP contribution < -0.4 is 5.32 Å². The van der Waals surface area contributed by atoms with Gasteiger partial charge in [-0.15, -0.1) is 0 Å². The van der Waals surface area contributed by atoms with E-state index < -0.39 is 0 Å². The molecule has 94 valence electrons. The van der Waals surface area contributed by atoms with Gasteiger partial charge in [-0.05, 0) is 54.8 Å². The molecular formula is C16H25N. The predicted molar refractivity (Wildman–Crippen MR) is 74.4 cm³/mol. The summed E-state index contributed by atoms with van der Waals surface area (Å²) in [6, 6.07) is 8.96. The zero-order valence-electron chi connectivity index (χ0n) is 11.4. The van der Waals surface area contributed by atoms with Crippen molar-refractivity contribution in [2.75, 3.05) is 13.1 Å². The van der Waals surface area contributed by atoms with Gasteiger partial charge in [-0.1, -0.05) is 45.0 Å². The molecule has 17 heavy (non-hydrogen) atoms. The van der Waals surface area contributed by atoms with E-state index in [0.29, 0.717) is 0 Å². The van der Waals surface area contributed by atoms with E-state index in [1.54, 1.807) is 5.56 Å². The van der Waals surface area contributed by atoms with Crippen molar-refractivity contribution in [3.8, 4) is 0 Å². The molecule has 0 spiro atoms. The van der Waals surface area contributed by atoms with Crippen LogP contribution in [0.5, 0.6) is 0 Å². The van der Waals surface area contributed by atoms with Gasteiger partial charge < -0.3 is 5.32 Å². The summed E-state index contributed by atoms with van der Waals surface area (Å²) in [6.07, 6.45) is 3.95. The highest BCUT2D eigenvalue weighted by Gasteiger charge is 2.20. The van der Waals surface area contributed by atoms with Crippen molar-refractivity contribution in [1.29, 1.82) is 0 Å². The van der Waals surface area contributed by atoms with Gasteiger partial charge in [-0.2, -0.15) is 0 Å². The minimum Gasteiger partial charge on any atom is -0.316 e. The number of hydrogen-bond donors (Lipinski definition) is 1. The first kappa shape index (κ1) is 12.6. The number of rotatable bonds is 2. The normalized spacial score (nSPS) is 21.5. The van der Waals surface area contributed by atoms with Crippen molar-refractivity contribution < 1.29 is 0 Å². The van der Waals surface area contributed by atoms with Crippen molar-refractivity contribution >= 4 is 0 Å². The van der Waals surface area contributed by atoms with Gasteiger partial charge in [0.05, 0.1) is 0 Å². The summed E-state index contributed by atoms with van der Waals surface area (Å²) < 4.78 is 0. The monoisotopic (exact) mass is 231 g/mol. The van der Waals surface area contributed by atoms with Gasteiger partial charge in [0.25, 0.3) is 0 Å². The third-order valence-corrected chi connectivity index (χ3v) is 3.73. The van der Waals surface area contributed by atoms with Crippen LogP contribution in [0.3, 0.4) is 0 Å². The highest BCUT2D eigenvalue weighted by atomic mass is 14.9. The average molecular weight is 231 g/mol. The van der Waals surface area contributed by atoms with Gasteiger partial charge in [0, 0.05) is 0 Å². The van der Waals surface area contributed by atoms with Crippen LogP contribution in [-0.4, -0.2) is 13.1 Å². The van der Waals surface area contributed by atoms with Crippen molar-refractivity contribution in [2.45, 2.75) is 45.4 Å². The van der Waals surface area contributed by atoms with E-state index in [2.05, 4.69) is 50.4 Å². The zero-order valence-corrected chi connectivity index (χ0v) is 11.4. The van der Waals surface area contributed by atoms with Crippen molar-refractivity contribution in [2.24, 2.45) is 5.92 Å². The molecule has 1 unspecified atom stereocenters. The first-order valence-corrected chi connectivity index (χ1v) is 6.86. The van der Waals surface area contributed by atoms with Crippen LogP contribution in [0.2, 0.25) is 0 Å². The van der Waals surface area contributed by atoms with E-state index in [0.717, 1.165) is 5.92 Å². The van der Waals surface area contributed by atoms with E-state index in [4.69, 9.17) is 0 Å². The van der Waals surface area contributed by atoms with Gasteiger partial charge in [0.2, 0.25) is 0 Å². The molecule has 1 heteroatoms. The summed E-state index contributed by atoms with van der Waals surface area (Å²) in [5, 5.41) is 3.51. The first-order chi connectivity index (χ1) is 8.07. The Hall–Kier alpha value is -0.820. The summed E-state index contributed by atoms with van der Waals surface area (Å²) in [6.45, 7) is 9.33. The molecule has 1 fully saturated rings. The van der Waals surface area contributed by atoms with E-state index in [1.807, 2.05) is 0 Å². The predicted octanol–water partition coefficient (Wildman–Crippen LogP) is 3.53. The summed E-state index contributed by atoms with van der Waals surface area (Å²) >= 11 is 0. The number of hydrogen-bond acceptors (Lipinski definition) is 1. The number of nitrogens with one attached hydrogen (secondary N) is 1. The third kappa shape index (κ3) is 3.32. The summed E-state index contributed by atoms with van der Waals surface area (Å²) in [4.78, 5) is 0. The van der Waals surface area contributed by atoms with Crippen LogP contribution in [0.25, 0.3) is 0 Å². The molecule has 0 bridgehead atoms. The number of benzene rings is 1. The summed E-state index contributed by atoms with van der Waals surface area (Å²) in [5.74, 6) is 0.826. The van der Waals surface area contributed by atoms with Crippen molar-refractivity contribution in [3.05, 3.63) is 35.4 Å². The van der Waals surface area contributed by atoms with Crippen LogP contribution in [0.1, 0.15) is 44.7 Å². The van der Waals surface area contributed by atoms with E-state index in [-0.39, 0.29) is 5.41 Å². The average Bonchev–Trinajstić information content (AvgIpc) is 2.30. The second-order valence-electron chi connectivity index (χ2n) is 6.32. The molecule has 1 atom stereocenters. The number of piperidine rings is 1. The van der Waals surface area contributed by atoms with Crippen molar-refractivity contribution in [3.63, 3.8) is 0 Å². The minimum atomic E-state index is 0.263. The molecule has 0 amide bonds. The highest BCUT2D eigenvalue weighted by molar-refractivity contribution is 5.33. The third-order valence-electron chi connectivity index (χ3n) is 3.73. The molecule has 1 aliphatic rings. The molecule has 1 aromatic rings. The van der Waals surface area contributed by atoms with Crippen molar-refractivity contribution in [1.82, 2.24) is 5.32 Å².